The first-order valence-corrected chi connectivity index (χ1v) is 10.7. The van der Waals surface area contributed by atoms with Gasteiger partial charge in [0, 0.05) is 21.4 Å². The number of nitrogens with zero attached hydrogens (tertiary/aromatic N) is 2. The predicted molar refractivity (Wildman–Crippen MR) is 114 cm³/mol. The Labute approximate surface area is 184 Å². The Kier molecular flexibility index (Phi) is 6.70. The van der Waals surface area contributed by atoms with E-state index >= 15 is 0 Å². The quantitative estimate of drug-likeness (QED) is 0.278. The lowest BCUT2D eigenvalue weighted by molar-refractivity contribution is 0.0415. The molecule has 0 aliphatic heterocycles. The summed E-state index contributed by atoms with van der Waals surface area (Å²) in [6.07, 6.45) is 4.59. The molecule has 162 valence electrons. The van der Waals surface area contributed by atoms with Crippen LogP contribution in [0.25, 0.3) is 0 Å². The first-order chi connectivity index (χ1) is 14.4. The number of carbonyl (C=O) groups excluding carboxylic acids is 2. The van der Waals surface area contributed by atoms with Gasteiger partial charge in [-0.3, -0.25) is 0 Å². The van der Waals surface area contributed by atoms with E-state index in [9.17, 15) is 14.8 Å². The van der Waals surface area contributed by atoms with E-state index < -0.39 is 18.2 Å². The number of benzene rings is 1. The van der Waals surface area contributed by atoms with E-state index in [2.05, 4.69) is 32.6 Å². The van der Waals surface area contributed by atoms with E-state index in [1.807, 2.05) is 24.3 Å². The number of ether oxygens (including phenoxy) is 2. The van der Waals surface area contributed by atoms with Crippen molar-refractivity contribution in [2.75, 3.05) is 13.2 Å². The van der Waals surface area contributed by atoms with E-state index in [-0.39, 0.29) is 24.5 Å². The summed E-state index contributed by atoms with van der Waals surface area (Å²) >= 11 is 3.51. The first kappa shape index (κ1) is 22.1. The van der Waals surface area contributed by atoms with Crippen molar-refractivity contribution in [3.8, 4) is 0 Å². The average Bonchev–Trinajstić information content (AvgIpc) is 3.40. The van der Waals surface area contributed by atoms with Crippen molar-refractivity contribution in [1.29, 1.82) is 0 Å². The fourth-order valence-electron chi connectivity index (χ4n) is 4.03. The van der Waals surface area contributed by atoms with Gasteiger partial charge in [-0.15, -0.1) is 0 Å². The Bertz CT molecular complexity index is 881. The van der Waals surface area contributed by atoms with Gasteiger partial charge >= 0.3 is 12.2 Å². The van der Waals surface area contributed by atoms with Crippen LogP contribution in [0.1, 0.15) is 50.7 Å². The van der Waals surface area contributed by atoms with Crippen molar-refractivity contribution in [3.05, 3.63) is 46.0 Å². The van der Waals surface area contributed by atoms with E-state index in [0.717, 1.165) is 28.4 Å². The summed E-state index contributed by atoms with van der Waals surface area (Å²) in [5.74, 6) is -0.247. The van der Waals surface area contributed by atoms with Crippen molar-refractivity contribution in [2.45, 2.75) is 45.6 Å². The van der Waals surface area contributed by atoms with Crippen molar-refractivity contribution < 1.29 is 24.3 Å². The summed E-state index contributed by atoms with van der Waals surface area (Å²) in [4.78, 5) is 25.0. The van der Waals surface area contributed by atoms with Gasteiger partial charge in [-0.05, 0) is 51.3 Å². The molecule has 8 nitrogen and oxygen atoms in total. The molecule has 30 heavy (non-hydrogen) atoms. The molecule has 2 aliphatic rings. The minimum absolute atomic E-state index is 0.177. The topological polar surface area (TPSA) is 100 Å². The summed E-state index contributed by atoms with van der Waals surface area (Å²) in [6, 6.07) is 5.28. The third-order valence-electron chi connectivity index (χ3n) is 5.53. The van der Waals surface area contributed by atoms with Crippen LogP contribution >= 0.6 is 15.9 Å². The van der Waals surface area contributed by atoms with Gasteiger partial charge in [-0.1, -0.05) is 39.3 Å². The zero-order chi connectivity index (χ0) is 21.9. The summed E-state index contributed by atoms with van der Waals surface area (Å²) in [7, 11) is 0. The molecule has 1 saturated carbocycles. The number of halogens is 1. The normalized spacial score (nSPS) is 21.4. The predicted octanol–water partition coefficient (Wildman–Crippen LogP) is 4.57. The summed E-state index contributed by atoms with van der Waals surface area (Å²) in [5.41, 5.74) is 4.44. The number of oxime groups is 1. The molecule has 0 heterocycles. The van der Waals surface area contributed by atoms with E-state index in [4.69, 9.17) is 9.47 Å². The van der Waals surface area contributed by atoms with Crippen molar-refractivity contribution in [2.24, 2.45) is 10.6 Å². The molecule has 0 aromatic heterocycles. The second-order valence-corrected chi connectivity index (χ2v) is 8.30. The minimum atomic E-state index is -0.713. The highest BCUT2D eigenvalue weighted by Gasteiger charge is 2.58. The average molecular weight is 480 g/mol. The molecule has 2 aliphatic carbocycles. The van der Waals surface area contributed by atoms with Gasteiger partial charge in [0.1, 0.15) is 0 Å². The highest BCUT2D eigenvalue weighted by atomic mass is 79.9. The summed E-state index contributed by atoms with van der Waals surface area (Å²) < 4.78 is 11.1. The van der Waals surface area contributed by atoms with Crippen LogP contribution in [0, 0.1) is 5.41 Å². The van der Waals surface area contributed by atoms with Crippen LogP contribution in [0.5, 0.6) is 0 Å². The van der Waals surface area contributed by atoms with Crippen LogP contribution in [0.15, 0.2) is 40.0 Å². The van der Waals surface area contributed by atoms with Gasteiger partial charge in [0.25, 0.3) is 0 Å². The van der Waals surface area contributed by atoms with Crippen LogP contribution in [-0.4, -0.2) is 47.4 Å². The molecule has 0 unspecified atom stereocenters. The minimum Gasteiger partial charge on any atom is -0.449 e. The van der Waals surface area contributed by atoms with Crippen LogP contribution in [0.2, 0.25) is 0 Å². The molecule has 1 aromatic rings. The maximum Gasteiger partial charge on any atom is 0.429 e. The van der Waals surface area contributed by atoms with Gasteiger partial charge in [0.2, 0.25) is 0 Å². The molecule has 1 fully saturated rings. The lowest BCUT2D eigenvalue weighted by Crippen LogP contribution is -2.56. The molecule has 2 N–H and O–H groups in total. The monoisotopic (exact) mass is 479 g/mol. The molecule has 9 heteroatoms. The van der Waals surface area contributed by atoms with E-state index in [0.29, 0.717) is 5.71 Å². The number of hydrazine groups is 1. The highest BCUT2D eigenvalue weighted by Crippen LogP contribution is 2.59. The van der Waals surface area contributed by atoms with Crippen molar-refractivity contribution >= 4 is 33.8 Å². The molecule has 0 radical (unpaired) electrons. The molecule has 2 atom stereocenters. The first-order valence-electron chi connectivity index (χ1n) is 9.94. The fraction of sp³-hybridized carbons (Fsp3) is 0.476. The third-order valence-corrected chi connectivity index (χ3v) is 6.03. The summed E-state index contributed by atoms with van der Waals surface area (Å²) in [5, 5.41) is 14.0. The molecule has 0 saturated heterocycles. The van der Waals surface area contributed by atoms with E-state index in [1.165, 1.54) is 5.01 Å². The highest BCUT2D eigenvalue weighted by molar-refractivity contribution is 9.10. The second kappa shape index (κ2) is 9.07. The molecular weight excluding hydrogens is 454 g/mol. The maximum absolute atomic E-state index is 12.8. The molecular formula is C21H26BrN3O5. The van der Waals surface area contributed by atoms with Crippen LogP contribution in [0.3, 0.4) is 0 Å². The molecule has 0 bridgehead atoms. The number of rotatable bonds is 5. The van der Waals surface area contributed by atoms with E-state index in [1.54, 1.807) is 20.8 Å². The third kappa shape index (κ3) is 4.30. The van der Waals surface area contributed by atoms with Gasteiger partial charge in [0.05, 0.1) is 25.0 Å². The standard InChI is InChI=1S/C21H26BrN3O5/c1-4-29-19(26)23-25(20(27)30-5-2)18-16(8-9-21(18)10-11-21)17-12-14(22)6-7-15(17)13(3)24-28/h6-9,12,16,18,28H,4-5,10-11H2,1-3H3,(H,23,26)/b24-13+/t16-,18-/m1/s1. The maximum atomic E-state index is 12.8. The molecule has 3 rings (SSSR count). The molecule has 2 amide bonds. The van der Waals surface area contributed by atoms with Gasteiger partial charge in [0.15, 0.2) is 0 Å². The Morgan fingerprint density at radius 2 is 2.00 bits per heavy atom. The lowest BCUT2D eigenvalue weighted by Gasteiger charge is -2.36. The number of hydrogen-bond donors (Lipinski definition) is 2. The van der Waals surface area contributed by atoms with Gasteiger partial charge in [-0.2, -0.15) is 0 Å². The lowest BCUT2D eigenvalue weighted by atomic mass is 9.84. The van der Waals surface area contributed by atoms with Crippen molar-refractivity contribution in [3.63, 3.8) is 0 Å². The van der Waals surface area contributed by atoms with Crippen LogP contribution in [0.4, 0.5) is 9.59 Å². The smallest absolute Gasteiger partial charge is 0.429 e. The number of amides is 2. The van der Waals surface area contributed by atoms with Gasteiger partial charge in [-0.25, -0.2) is 20.0 Å². The SMILES string of the molecule is CCOC(=O)NN(C(=O)OCC)[C@@H]1[C@@H](c2cc(Br)ccc2/C(C)=N/O)C=CC12CC2. The van der Waals surface area contributed by atoms with Crippen molar-refractivity contribution in [1.82, 2.24) is 10.4 Å². The van der Waals surface area contributed by atoms with Crippen LogP contribution in [-0.2, 0) is 9.47 Å². The number of carbonyl (C=O) groups is 2. The Balaban J connectivity index is 2.05. The Morgan fingerprint density at radius 3 is 2.60 bits per heavy atom. The largest absolute Gasteiger partial charge is 0.449 e. The molecule has 1 spiro atoms. The summed E-state index contributed by atoms with van der Waals surface area (Å²) in [6.45, 7) is 5.48. The Hall–Kier alpha value is -2.55. The number of nitrogens with one attached hydrogen (secondary N) is 1. The van der Waals surface area contributed by atoms with Gasteiger partial charge < -0.3 is 14.7 Å². The second-order valence-electron chi connectivity index (χ2n) is 7.38. The number of hydrogen-bond acceptors (Lipinski definition) is 6. The fourth-order valence-corrected chi connectivity index (χ4v) is 4.41. The Morgan fingerprint density at radius 1 is 1.30 bits per heavy atom. The zero-order valence-corrected chi connectivity index (χ0v) is 18.8. The zero-order valence-electron chi connectivity index (χ0n) is 17.2. The molecule has 1 aromatic carbocycles. The van der Waals surface area contributed by atoms with Crippen LogP contribution < -0.4 is 5.43 Å².